The van der Waals surface area contributed by atoms with E-state index < -0.39 is 0 Å². The highest BCUT2D eigenvalue weighted by Gasteiger charge is 2.39. The number of hydrogen-bond acceptors (Lipinski definition) is 1. The van der Waals surface area contributed by atoms with Crippen LogP contribution in [0.2, 0.25) is 5.02 Å². The van der Waals surface area contributed by atoms with Crippen LogP contribution < -0.4 is 5.32 Å². The topological polar surface area (TPSA) is 12.0 Å². The molecule has 2 rings (SSSR count). The zero-order valence-electron chi connectivity index (χ0n) is 11.0. The lowest BCUT2D eigenvalue weighted by Crippen LogP contribution is -2.34. The molecule has 0 aromatic heterocycles. The maximum atomic E-state index is 13.7. The van der Waals surface area contributed by atoms with Crippen LogP contribution in [-0.4, -0.2) is 12.6 Å². The molecule has 18 heavy (non-hydrogen) atoms. The lowest BCUT2D eigenvalue weighted by atomic mass is 10.0. The standard InChI is InChI=1S/C15H21ClFN/c1-3-6-18-15(13-7-10(13)2)9-11-8-12(16)4-5-14(11)17/h4-5,8,10,13,15,18H,3,6-7,9H2,1-2H3. The molecule has 1 aliphatic carbocycles. The van der Waals surface area contributed by atoms with Crippen LogP contribution in [0.3, 0.4) is 0 Å². The van der Waals surface area contributed by atoms with E-state index in [9.17, 15) is 4.39 Å². The van der Waals surface area contributed by atoms with E-state index in [1.165, 1.54) is 12.5 Å². The smallest absolute Gasteiger partial charge is 0.126 e. The Morgan fingerprint density at radius 1 is 1.50 bits per heavy atom. The van der Waals surface area contributed by atoms with Crippen LogP contribution in [-0.2, 0) is 6.42 Å². The number of halogens is 2. The Bertz CT molecular complexity index is 407. The first-order valence-corrected chi connectivity index (χ1v) is 7.17. The third-order valence-corrected chi connectivity index (χ3v) is 4.03. The van der Waals surface area contributed by atoms with Crippen LogP contribution in [0.15, 0.2) is 18.2 Å². The Kier molecular flexibility index (Phi) is 4.63. The first kappa shape index (κ1) is 13.8. The van der Waals surface area contributed by atoms with Crippen molar-refractivity contribution in [2.24, 2.45) is 11.8 Å². The molecule has 1 aromatic rings. The summed E-state index contributed by atoms with van der Waals surface area (Å²) in [7, 11) is 0. The van der Waals surface area contributed by atoms with Gasteiger partial charge in [0.15, 0.2) is 0 Å². The Balaban J connectivity index is 2.05. The summed E-state index contributed by atoms with van der Waals surface area (Å²) in [6, 6.07) is 5.21. The molecule has 0 aliphatic heterocycles. The summed E-state index contributed by atoms with van der Waals surface area (Å²) >= 11 is 5.94. The molecule has 0 amide bonds. The molecule has 1 aliphatic rings. The SMILES string of the molecule is CCCNC(Cc1cc(Cl)ccc1F)C1CC1C. The summed E-state index contributed by atoms with van der Waals surface area (Å²) in [6.45, 7) is 5.41. The van der Waals surface area contributed by atoms with Gasteiger partial charge in [-0.3, -0.25) is 0 Å². The predicted octanol–water partition coefficient (Wildman–Crippen LogP) is 4.05. The van der Waals surface area contributed by atoms with E-state index >= 15 is 0 Å². The average molecular weight is 270 g/mol. The molecule has 1 nitrogen and oxygen atoms in total. The molecule has 0 heterocycles. The molecule has 100 valence electrons. The van der Waals surface area contributed by atoms with Crippen molar-refractivity contribution in [2.45, 2.75) is 39.2 Å². The highest BCUT2D eigenvalue weighted by Crippen LogP contribution is 2.41. The van der Waals surface area contributed by atoms with Gasteiger partial charge in [-0.2, -0.15) is 0 Å². The Hall–Kier alpha value is -0.600. The summed E-state index contributed by atoms with van der Waals surface area (Å²) in [5, 5.41) is 4.16. The number of benzene rings is 1. The van der Waals surface area contributed by atoms with Gasteiger partial charge in [0.25, 0.3) is 0 Å². The normalized spacial score (nSPS) is 24.0. The monoisotopic (exact) mass is 269 g/mol. The van der Waals surface area contributed by atoms with Crippen LogP contribution in [0.1, 0.15) is 32.3 Å². The van der Waals surface area contributed by atoms with Crippen LogP contribution in [0.4, 0.5) is 4.39 Å². The Labute approximate surface area is 114 Å². The fourth-order valence-electron chi connectivity index (χ4n) is 2.55. The van der Waals surface area contributed by atoms with Crippen molar-refractivity contribution >= 4 is 11.6 Å². The van der Waals surface area contributed by atoms with E-state index in [0.29, 0.717) is 17.0 Å². The Morgan fingerprint density at radius 2 is 2.22 bits per heavy atom. The van der Waals surface area contributed by atoms with Gasteiger partial charge < -0.3 is 5.32 Å². The van der Waals surface area contributed by atoms with E-state index in [2.05, 4.69) is 19.2 Å². The summed E-state index contributed by atoms with van der Waals surface area (Å²) in [5.74, 6) is 1.31. The first-order valence-electron chi connectivity index (χ1n) is 6.79. The quantitative estimate of drug-likeness (QED) is 0.822. The first-order chi connectivity index (χ1) is 8.61. The maximum absolute atomic E-state index is 13.7. The van der Waals surface area contributed by atoms with Gasteiger partial charge in [-0.05, 0) is 61.4 Å². The summed E-state index contributed by atoms with van der Waals surface area (Å²) in [5.41, 5.74) is 0.732. The fourth-order valence-corrected chi connectivity index (χ4v) is 2.75. The zero-order chi connectivity index (χ0) is 13.1. The van der Waals surface area contributed by atoms with Crippen molar-refractivity contribution in [2.75, 3.05) is 6.54 Å². The molecule has 3 heteroatoms. The molecule has 1 saturated carbocycles. The second-order valence-corrected chi connectivity index (χ2v) is 5.81. The molecule has 3 unspecified atom stereocenters. The lowest BCUT2D eigenvalue weighted by Gasteiger charge is -2.19. The molecule has 3 atom stereocenters. The molecular weight excluding hydrogens is 249 g/mol. The minimum absolute atomic E-state index is 0.143. The van der Waals surface area contributed by atoms with E-state index in [4.69, 9.17) is 11.6 Å². The minimum atomic E-state index is -0.143. The average Bonchev–Trinajstić information content (AvgIpc) is 3.06. The maximum Gasteiger partial charge on any atom is 0.126 e. The zero-order valence-corrected chi connectivity index (χ0v) is 11.8. The second-order valence-electron chi connectivity index (χ2n) is 5.38. The fraction of sp³-hybridized carbons (Fsp3) is 0.600. The van der Waals surface area contributed by atoms with Crippen molar-refractivity contribution in [3.05, 3.63) is 34.6 Å². The van der Waals surface area contributed by atoms with Crippen molar-refractivity contribution in [3.63, 3.8) is 0 Å². The van der Waals surface area contributed by atoms with Gasteiger partial charge in [0.2, 0.25) is 0 Å². The molecule has 1 N–H and O–H groups in total. The van der Waals surface area contributed by atoms with Crippen molar-refractivity contribution in [1.29, 1.82) is 0 Å². The van der Waals surface area contributed by atoms with Gasteiger partial charge in [-0.1, -0.05) is 25.4 Å². The van der Waals surface area contributed by atoms with Gasteiger partial charge in [-0.25, -0.2) is 4.39 Å². The van der Waals surface area contributed by atoms with Crippen LogP contribution in [0, 0.1) is 17.7 Å². The largest absolute Gasteiger partial charge is 0.313 e. The van der Waals surface area contributed by atoms with E-state index in [1.807, 2.05) is 0 Å². The number of nitrogens with one attached hydrogen (secondary N) is 1. The van der Waals surface area contributed by atoms with Gasteiger partial charge in [0.1, 0.15) is 5.82 Å². The molecule has 0 spiro atoms. The third-order valence-electron chi connectivity index (χ3n) is 3.79. The summed E-state index contributed by atoms with van der Waals surface area (Å²) in [6.07, 6.45) is 3.10. The predicted molar refractivity (Wildman–Crippen MR) is 74.5 cm³/mol. The van der Waals surface area contributed by atoms with E-state index in [1.54, 1.807) is 12.1 Å². The Morgan fingerprint density at radius 3 is 2.83 bits per heavy atom. The molecule has 0 saturated heterocycles. The number of rotatable bonds is 6. The summed E-state index contributed by atoms with van der Waals surface area (Å²) < 4.78 is 13.7. The molecular formula is C15H21ClFN. The minimum Gasteiger partial charge on any atom is -0.313 e. The van der Waals surface area contributed by atoms with E-state index in [0.717, 1.165) is 30.9 Å². The highest BCUT2D eigenvalue weighted by atomic mass is 35.5. The third kappa shape index (κ3) is 3.46. The second kappa shape index (κ2) is 6.03. The van der Waals surface area contributed by atoms with Crippen LogP contribution in [0.25, 0.3) is 0 Å². The van der Waals surface area contributed by atoms with Crippen LogP contribution >= 0.6 is 11.6 Å². The molecule has 1 fully saturated rings. The van der Waals surface area contributed by atoms with Gasteiger partial charge in [0, 0.05) is 11.1 Å². The van der Waals surface area contributed by atoms with Crippen molar-refractivity contribution in [1.82, 2.24) is 5.32 Å². The molecule has 0 bridgehead atoms. The molecule has 1 aromatic carbocycles. The van der Waals surface area contributed by atoms with Crippen LogP contribution in [0.5, 0.6) is 0 Å². The molecule has 0 radical (unpaired) electrons. The van der Waals surface area contributed by atoms with Gasteiger partial charge >= 0.3 is 0 Å². The van der Waals surface area contributed by atoms with Gasteiger partial charge in [0.05, 0.1) is 0 Å². The van der Waals surface area contributed by atoms with Crippen molar-refractivity contribution in [3.8, 4) is 0 Å². The van der Waals surface area contributed by atoms with Crippen molar-refractivity contribution < 1.29 is 4.39 Å². The van der Waals surface area contributed by atoms with E-state index in [-0.39, 0.29) is 5.82 Å². The lowest BCUT2D eigenvalue weighted by molar-refractivity contribution is 0.436. The van der Waals surface area contributed by atoms with Gasteiger partial charge in [-0.15, -0.1) is 0 Å². The highest BCUT2D eigenvalue weighted by molar-refractivity contribution is 6.30. The number of hydrogen-bond donors (Lipinski definition) is 1. The summed E-state index contributed by atoms with van der Waals surface area (Å²) in [4.78, 5) is 0.